The van der Waals surface area contributed by atoms with Gasteiger partial charge in [-0.1, -0.05) is 18.2 Å². The molecule has 0 saturated carbocycles. The zero-order valence-electron chi connectivity index (χ0n) is 18.7. The van der Waals surface area contributed by atoms with Gasteiger partial charge in [0.1, 0.15) is 6.54 Å². The Balaban J connectivity index is 0.000000505. The summed E-state index contributed by atoms with van der Waals surface area (Å²) in [6.07, 6.45) is -3.49. The molecule has 1 fully saturated rings. The van der Waals surface area contributed by atoms with Crippen molar-refractivity contribution in [3.8, 4) is 0 Å². The molecule has 1 aliphatic heterocycles. The molecule has 1 N–H and O–H groups in total. The largest absolute Gasteiger partial charge is 0.501 e. The van der Waals surface area contributed by atoms with E-state index in [1.165, 1.54) is 4.90 Å². The number of benzene rings is 2. The molecule has 0 aliphatic carbocycles. The van der Waals surface area contributed by atoms with E-state index in [9.17, 15) is 44.3 Å². The maximum Gasteiger partial charge on any atom is 0.501 e. The molecule has 1 aliphatic rings. The van der Waals surface area contributed by atoms with Crippen LogP contribution in [-0.2, 0) is 26.0 Å². The minimum atomic E-state index is -5.52. The monoisotopic (exact) mass is 563 g/mol. The van der Waals surface area contributed by atoms with E-state index in [0.717, 1.165) is 45.6 Å². The summed E-state index contributed by atoms with van der Waals surface area (Å²) in [5.41, 5.74) is -3.95. The molecule has 2 aromatic carbocycles. The number of fused-ring (bicyclic) bond motifs is 1. The summed E-state index contributed by atoms with van der Waals surface area (Å²) < 4.78 is 92.8. The Bertz CT molecular complexity index is 1480. The number of imide groups is 1. The number of hydrogen-bond acceptors (Lipinski definition) is 6. The van der Waals surface area contributed by atoms with Crippen molar-refractivity contribution in [1.29, 1.82) is 0 Å². The van der Waals surface area contributed by atoms with Crippen LogP contribution in [0.4, 0.5) is 36.8 Å². The maximum absolute atomic E-state index is 12.8. The van der Waals surface area contributed by atoms with Gasteiger partial charge in [0.15, 0.2) is 0 Å². The number of aliphatic carboxylic acids is 1. The number of nitrogens with zero attached hydrogens (tertiary/aromatic N) is 3. The number of anilines is 1. The third kappa shape index (κ3) is 5.85. The lowest BCUT2D eigenvalue weighted by Gasteiger charge is -2.18. The number of amides is 3. The van der Waals surface area contributed by atoms with Crippen molar-refractivity contribution >= 4 is 44.3 Å². The number of halogens is 6. The normalized spacial score (nSPS) is 14.5. The highest BCUT2D eigenvalue weighted by atomic mass is 32.2. The number of hydrogen-bond donors (Lipinski definition) is 1. The average molecular weight is 563 g/mol. The Labute approximate surface area is 209 Å². The molecule has 1 saturated heterocycles. The summed E-state index contributed by atoms with van der Waals surface area (Å²) in [6, 6.07) is 11.8. The van der Waals surface area contributed by atoms with E-state index in [1.54, 1.807) is 12.3 Å². The van der Waals surface area contributed by atoms with E-state index >= 15 is 0 Å². The predicted octanol–water partition coefficient (Wildman–Crippen LogP) is 4.13. The number of urea groups is 1. The number of sulfone groups is 1. The Hall–Kier alpha value is -4.21. The van der Waals surface area contributed by atoms with Gasteiger partial charge in [0.05, 0.1) is 16.1 Å². The van der Waals surface area contributed by atoms with E-state index in [-0.39, 0.29) is 18.8 Å². The quantitative estimate of drug-likeness (QED) is 0.374. The van der Waals surface area contributed by atoms with Crippen LogP contribution in [0.5, 0.6) is 0 Å². The number of rotatable bonds is 4. The molecule has 2 heterocycles. The number of carboxylic acids is 1. The maximum atomic E-state index is 12.8. The Morgan fingerprint density at radius 1 is 0.947 bits per heavy atom. The number of para-hydroxylation sites is 1. The number of pyridine rings is 1. The molecule has 0 spiro atoms. The fourth-order valence-electron chi connectivity index (χ4n) is 3.33. The van der Waals surface area contributed by atoms with Crippen molar-refractivity contribution in [1.82, 2.24) is 9.88 Å². The summed E-state index contributed by atoms with van der Waals surface area (Å²) in [5.74, 6) is -3.33. The SMILES string of the molecule is O=C(O)C(F)(F)F.O=C1CN(Cc2ccnc3ccccc23)C(=O)N1c1ccc(S(=O)(=O)C(F)(F)F)cc1. The summed E-state index contributed by atoms with van der Waals surface area (Å²) in [5, 5.41) is 7.95. The molecule has 0 bridgehead atoms. The van der Waals surface area contributed by atoms with Gasteiger partial charge >= 0.3 is 23.7 Å². The summed E-state index contributed by atoms with van der Waals surface area (Å²) in [6.45, 7) is -0.0945. The Morgan fingerprint density at radius 3 is 2.08 bits per heavy atom. The molecule has 0 radical (unpaired) electrons. The number of carbonyl (C=O) groups excluding carboxylic acids is 2. The van der Waals surface area contributed by atoms with Crippen LogP contribution in [0.1, 0.15) is 5.56 Å². The van der Waals surface area contributed by atoms with Gasteiger partial charge in [-0.05, 0) is 42.0 Å². The van der Waals surface area contributed by atoms with Gasteiger partial charge in [-0.25, -0.2) is 22.9 Å². The first-order valence-corrected chi connectivity index (χ1v) is 11.7. The first-order valence-electron chi connectivity index (χ1n) is 10.2. The van der Waals surface area contributed by atoms with Crippen molar-refractivity contribution in [3.63, 3.8) is 0 Å². The molecule has 1 aromatic heterocycles. The third-order valence-electron chi connectivity index (χ3n) is 5.09. The second kappa shape index (κ2) is 10.3. The molecule has 0 atom stereocenters. The summed E-state index contributed by atoms with van der Waals surface area (Å²) >= 11 is 0. The Morgan fingerprint density at radius 2 is 1.53 bits per heavy atom. The molecule has 16 heteroatoms. The fourth-order valence-corrected chi connectivity index (χ4v) is 4.10. The molecule has 38 heavy (non-hydrogen) atoms. The third-order valence-corrected chi connectivity index (χ3v) is 6.59. The molecule has 9 nitrogen and oxygen atoms in total. The van der Waals surface area contributed by atoms with E-state index in [1.807, 2.05) is 24.3 Å². The predicted molar refractivity (Wildman–Crippen MR) is 118 cm³/mol. The van der Waals surface area contributed by atoms with Gasteiger partial charge in [0.25, 0.3) is 15.7 Å². The topological polar surface area (TPSA) is 125 Å². The minimum Gasteiger partial charge on any atom is -0.475 e. The molecule has 0 unspecified atom stereocenters. The fraction of sp³-hybridized carbons (Fsp3) is 0.182. The highest BCUT2D eigenvalue weighted by Crippen LogP contribution is 2.32. The molecular weight excluding hydrogens is 548 g/mol. The van der Waals surface area contributed by atoms with Crippen molar-refractivity contribution in [2.45, 2.75) is 23.1 Å². The van der Waals surface area contributed by atoms with Crippen LogP contribution in [0.3, 0.4) is 0 Å². The van der Waals surface area contributed by atoms with Crippen LogP contribution in [0.15, 0.2) is 65.7 Å². The Kier molecular flexibility index (Phi) is 7.67. The standard InChI is InChI=1S/C20H14F3N3O4S.C2HF3O2/c21-20(22,23)31(29,30)15-7-5-14(6-8-15)26-18(27)12-25(19(26)28)11-13-9-10-24-17-4-2-1-3-16(13)17;3-2(4,5)1(6)7/h1-10H,11-12H2;(H,6,7). The van der Waals surface area contributed by atoms with Gasteiger partial charge in [0, 0.05) is 18.1 Å². The lowest BCUT2D eigenvalue weighted by molar-refractivity contribution is -0.192. The number of carbonyl (C=O) groups is 3. The highest BCUT2D eigenvalue weighted by molar-refractivity contribution is 7.92. The van der Waals surface area contributed by atoms with Crippen LogP contribution in [0, 0.1) is 0 Å². The van der Waals surface area contributed by atoms with Gasteiger partial charge in [-0.3, -0.25) is 9.78 Å². The molecule has 3 aromatic rings. The van der Waals surface area contributed by atoms with Crippen molar-refractivity contribution in [3.05, 3.63) is 66.4 Å². The van der Waals surface area contributed by atoms with Gasteiger partial charge in [0.2, 0.25) is 0 Å². The van der Waals surface area contributed by atoms with E-state index in [2.05, 4.69) is 4.98 Å². The van der Waals surface area contributed by atoms with Gasteiger partial charge < -0.3 is 10.0 Å². The zero-order valence-corrected chi connectivity index (χ0v) is 19.5. The molecule has 3 amide bonds. The first-order chi connectivity index (χ1) is 17.5. The van der Waals surface area contributed by atoms with Crippen LogP contribution < -0.4 is 4.90 Å². The smallest absolute Gasteiger partial charge is 0.475 e. The van der Waals surface area contributed by atoms with Crippen LogP contribution >= 0.6 is 0 Å². The second-order valence-electron chi connectivity index (χ2n) is 7.60. The zero-order chi connectivity index (χ0) is 28.5. The van der Waals surface area contributed by atoms with Crippen molar-refractivity contribution in [2.24, 2.45) is 0 Å². The number of aromatic nitrogens is 1. The second-order valence-corrected chi connectivity index (χ2v) is 9.54. The molecule has 4 rings (SSSR count). The van der Waals surface area contributed by atoms with Crippen LogP contribution in [-0.4, -0.2) is 59.5 Å². The van der Waals surface area contributed by atoms with E-state index in [4.69, 9.17) is 9.90 Å². The van der Waals surface area contributed by atoms with Crippen LogP contribution in [0.2, 0.25) is 0 Å². The molecular formula is C22H15F6N3O6S. The summed E-state index contributed by atoms with van der Waals surface area (Å²) in [7, 11) is -5.52. The molecule has 202 valence electrons. The average Bonchev–Trinajstić information content (AvgIpc) is 3.11. The van der Waals surface area contributed by atoms with Crippen LogP contribution in [0.25, 0.3) is 10.9 Å². The summed E-state index contributed by atoms with van der Waals surface area (Å²) in [4.78, 5) is 39.5. The van der Waals surface area contributed by atoms with Crippen molar-refractivity contribution in [2.75, 3.05) is 11.4 Å². The van der Waals surface area contributed by atoms with E-state index in [0.29, 0.717) is 0 Å². The lowest BCUT2D eigenvalue weighted by Crippen LogP contribution is -2.33. The van der Waals surface area contributed by atoms with E-state index < -0.39 is 44.3 Å². The van der Waals surface area contributed by atoms with Crippen molar-refractivity contribution < 1.29 is 54.3 Å². The lowest BCUT2D eigenvalue weighted by atomic mass is 10.1. The minimum absolute atomic E-state index is 0.0155. The highest BCUT2D eigenvalue weighted by Gasteiger charge is 2.47. The number of carboxylic acid groups (broad SMARTS) is 1. The van der Waals surface area contributed by atoms with Gasteiger partial charge in [-0.2, -0.15) is 26.3 Å². The van der Waals surface area contributed by atoms with Gasteiger partial charge in [-0.15, -0.1) is 0 Å². The first kappa shape index (κ1) is 28.4. The number of alkyl halides is 6.